The number of hydrogen-bond acceptors (Lipinski definition) is 3. The van der Waals surface area contributed by atoms with E-state index in [4.69, 9.17) is 4.74 Å². The van der Waals surface area contributed by atoms with Gasteiger partial charge < -0.3 is 15.0 Å². The van der Waals surface area contributed by atoms with Crippen LogP contribution in [0.5, 0.6) is 0 Å². The highest BCUT2D eigenvalue weighted by atomic mass is 19.1. The van der Waals surface area contributed by atoms with Gasteiger partial charge in [-0.05, 0) is 12.1 Å². The second kappa shape index (κ2) is 6.62. The van der Waals surface area contributed by atoms with Crippen molar-refractivity contribution < 1.29 is 23.1 Å². The molecule has 1 fully saturated rings. The number of amides is 2. The van der Waals surface area contributed by atoms with Crippen molar-refractivity contribution in [3.05, 3.63) is 29.8 Å². The predicted octanol–water partition coefficient (Wildman–Crippen LogP) is 1.40. The van der Waals surface area contributed by atoms with Crippen LogP contribution in [0, 0.1) is 17.6 Å². The van der Waals surface area contributed by atoms with Gasteiger partial charge >= 0.3 is 0 Å². The zero-order chi connectivity index (χ0) is 15.4. The fraction of sp³-hybridized carbons (Fsp3) is 0.429. The molecule has 1 heterocycles. The number of nitrogens with zero attached hydrogens (tertiary/aromatic N) is 1. The van der Waals surface area contributed by atoms with E-state index in [1.54, 1.807) is 4.90 Å². The van der Waals surface area contributed by atoms with Crippen molar-refractivity contribution >= 4 is 17.5 Å². The van der Waals surface area contributed by atoms with E-state index in [-0.39, 0.29) is 24.6 Å². The van der Waals surface area contributed by atoms with Crippen LogP contribution in [0.1, 0.15) is 6.42 Å². The maximum absolute atomic E-state index is 13.1. The highest BCUT2D eigenvalue weighted by Gasteiger charge is 2.34. The third-order valence-electron chi connectivity index (χ3n) is 3.28. The minimum atomic E-state index is -0.769. The van der Waals surface area contributed by atoms with E-state index in [2.05, 4.69) is 5.32 Å². The lowest BCUT2D eigenvalue weighted by atomic mass is 10.1. The van der Waals surface area contributed by atoms with Gasteiger partial charge in [0.05, 0.1) is 12.5 Å². The van der Waals surface area contributed by atoms with Crippen LogP contribution < -0.4 is 5.32 Å². The lowest BCUT2D eigenvalue weighted by Gasteiger charge is -2.15. The van der Waals surface area contributed by atoms with Crippen LogP contribution in [0.4, 0.5) is 14.5 Å². The molecular formula is C14H16F2N2O3. The Morgan fingerprint density at radius 1 is 1.38 bits per heavy atom. The molecule has 0 bridgehead atoms. The lowest BCUT2D eigenvalue weighted by Crippen LogP contribution is -2.30. The maximum Gasteiger partial charge on any atom is 0.229 e. The fourth-order valence-corrected chi connectivity index (χ4v) is 2.24. The lowest BCUT2D eigenvalue weighted by molar-refractivity contribution is -0.128. The third kappa shape index (κ3) is 3.98. The number of ether oxygens (including phenoxy) is 1. The van der Waals surface area contributed by atoms with E-state index in [0.717, 1.165) is 18.2 Å². The van der Waals surface area contributed by atoms with Crippen molar-refractivity contribution in [1.29, 1.82) is 0 Å². The molecule has 5 nitrogen and oxygen atoms in total. The zero-order valence-electron chi connectivity index (χ0n) is 11.6. The van der Waals surface area contributed by atoms with Gasteiger partial charge in [0.25, 0.3) is 0 Å². The van der Waals surface area contributed by atoms with Crippen LogP contribution in [0.2, 0.25) is 0 Å². The first-order valence-corrected chi connectivity index (χ1v) is 6.53. The van der Waals surface area contributed by atoms with E-state index in [1.165, 1.54) is 7.11 Å². The quantitative estimate of drug-likeness (QED) is 0.894. The second-order valence-corrected chi connectivity index (χ2v) is 4.88. The Morgan fingerprint density at radius 2 is 2.05 bits per heavy atom. The zero-order valence-corrected chi connectivity index (χ0v) is 11.6. The van der Waals surface area contributed by atoms with Gasteiger partial charge in [0.15, 0.2) is 0 Å². The second-order valence-electron chi connectivity index (χ2n) is 4.88. The van der Waals surface area contributed by atoms with Gasteiger partial charge in [-0.15, -0.1) is 0 Å². The Morgan fingerprint density at radius 3 is 2.67 bits per heavy atom. The van der Waals surface area contributed by atoms with Crippen molar-refractivity contribution in [2.75, 3.05) is 32.1 Å². The number of nitrogens with one attached hydrogen (secondary N) is 1. The Labute approximate surface area is 120 Å². The molecule has 2 amide bonds. The molecule has 1 aromatic carbocycles. The van der Waals surface area contributed by atoms with Gasteiger partial charge in [0, 0.05) is 38.4 Å². The number of halogens is 2. The van der Waals surface area contributed by atoms with Crippen LogP contribution >= 0.6 is 0 Å². The van der Waals surface area contributed by atoms with Crippen LogP contribution in [0.3, 0.4) is 0 Å². The topological polar surface area (TPSA) is 58.6 Å². The standard InChI is InChI=1S/C14H16F2N2O3/c1-21-3-2-18-8-9(4-13(18)19)14(20)17-12-6-10(15)5-11(16)7-12/h5-7,9H,2-4,8H2,1H3,(H,17,20)/t9-/m0/s1. The Hall–Kier alpha value is -2.02. The molecule has 0 radical (unpaired) electrons. The number of carbonyl (C=O) groups is 2. The predicted molar refractivity (Wildman–Crippen MR) is 71.6 cm³/mol. The first kappa shape index (κ1) is 15.4. The van der Waals surface area contributed by atoms with E-state index in [9.17, 15) is 18.4 Å². The Balaban J connectivity index is 1.96. The average molecular weight is 298 g/mol. The summed E-state index contributed by atoms with van der Waals surface area (Å²) in [6, 6.07) is 2.78. The SMILES string of the molecule is COCCN1C[C@@H](C(=O)Nc2cc(F)cc(F)c2)CC1=O. The van der Waals surface area contributed by atoms with Gasteiger partial charge in [0.2, 0.25) is 11.8 Å². The minimum Gasteiger partial charge on any atom is -0.383 e. The molecule has 21 heavy (non-hydrogen) atoms. The van der Waals surface area contributed by atoms with Gasteiger partial charge in [0.1, 0.15) is 11.6 Å². The van der Waals surface area contributed by atoms with Crippen LogP contribution in [0.15, 0.2) is 18.2 Å². The molecule has 1 atom stereocenters. The number of anilines is 1. The molecule has 0 spiro atoms. The molecule has 1 aromatic rings. The van der Waals surface area contributed by atoms with E-state index < -0.39 is 23.5 Å². The molecule has 1 saturated heterocycles. The number of rotatable bonds is 5. The Kier molecular flexibility index (Phi) is 4.85. The number of carbonyl (C=O) groups excluding carboxylic acids is 2. The molecule has 0 unspecified atom stereocenters. The molecular weight excluding hydrogens is 282 g/mol. The van der Waals surface area contributed by atoms with Crippen LogP contribution in [-0.4, -0.2) is 43.5 Å². The summed E-state index contributed by atoms with van der Waals surface area (Å²) in [5.74, 6) is -2.62. The highest BCUT2D eigenvalue weighted by molar-refractivity contribution is 5.97. The van der Waals surface area contributed by atoms with Gasteiger partial charge in [-0.1, -0.05) is 0 Å². The smallest absolute Gasteiger partial charge is 0.229 e. The van der Waals surface area contributed by atoms with Gasteiger partial charge in [-0.25, -0.2) is 8.78 Å². The molecule has 1 aliphatic heterocycles. The molecule has 0 aliphatic carbocycles. The molecule has 7 heteroatoms. The molecule has 114 valence electrons. The number of methoxy groups -OCH3 is 1. The first-order chi connectivity index (χ1) is 9.99. The van der Waals surface area contributed by atoms with Crippen molar-refractivity contribution in [3.63, 3.8) is 0 Å². The monoisotopic (exact) mass is 298 g/mol. The highest BCUT2D eigenvalue weighted by Crippen LogP contribution is 2.20. The molecule has 1 aliphatic rings. The van der Waals surface area contributed by atoms with Gasteiger partial charge in [-0.3, -0.25) is 9.59 Å². The normalized spacial score (nSPS) is 18.1. The summed E-state index contributed by atoms with van der Waals surface area (Å²) in [4.78, 5) is 25.3. The fourth-order valence-electron chi connectivity index (χ4n) is 2.24. The number of hydrogen-bond donors (Lipinski definition) is 1. The molecule has 2 rings (SSSR count). The minimum absolute atomic E-state index is 0.0419. The molecule has 1 N–H and O–H groups in total. The van der Waals surface area contributed by atoms with Crippen molar-refractivity contribution in [2.45, 2.75) is 6.42 Å². The molecule has 0 aromatic heterocycles. The van der Waals surface area contributed by atoms with Crippen LogP contribution in [0.25, 0.3) is 0 Å². The summed E-state index contributed by atoms with van der Waals surface area (Å²) in [6.07, 6.45) is 0.0906. The van der Waals surface area contributed by atoms with Crippen molar-refractivity contribution in [3.8, 4) is 0 Å². The van der Waals surface area contributed by atoms with E-state index >= 15 is 0 Å². The summed E-state index contributed by atoms with van der Waals surface area (Å²) >= 11 is 0. The third-order valence-corrected chi connectivity index (χ3v) is 3.28. The average Bonchev–Trinajstić information content (AvgIpc) is 2.76. The summed E-state index contributed by atoms with van der Waals surface area (Å²) in [6.45, 7) is 1.11. The van der Waals surface area contributed by atoms with E-state index in [1.807, 2.05) is 0 Å². The van der Waals surface area contributed by atoms with E-state index in [0.29, 0.717) is 13.2 Å². The molecule has 0 saturated carbocycles. The van der Waals surface area contributed by atoms with Crippen molar-refractivity contribution in [2.24, 2.45) is 5.92 Å². The summed E-state index contributed by atoms with van der Waals surface area (Å²) < 4.78 is 31.0. The largest absolute Gasteiger partial charge is 0.383 e. The number of likely N-dealkylation sites (tertiary alicyclic amines) is 1. The summed E-state index contributed by atoms with van der Waals surface area (Å²) in [5.41, 5.74) is 0.0419. The summed E-state index contributed by atoms with van der Waals surface area (Å²) in [5, 5.41) is 2.43. The first-order valence-electron chi connectivity index (χ1n) is 6.53. The maximum atomic E-state index is 13.1. The van der Waals surface area contributed by atoms with Crippen molar-refractivity contribution in [1.82, 2.24) is 4.90 Å². The van der Waals surface area contributed by atoms with Crippen LogP contribution in [-0.2, 0) is 14.3 Å². The Bertz CT molecular complexity index is 531. The summed E-state index contributed by atoms with van der Waals surface area (Å²) in [7, 11) is 1.53. The van der Waals surface area contributed by atoms with Gasteiger partial charge in [-0.2, -0.15) is 0 Å². The number of benzene rings is 1.